The van der Waals surface area contributed by atoms with Crippen LogP contribution in [-0.4, -0.2) is 80.1 Å². The largest absolute Gasteiger partial charge is 0.493 e. The number of carbonyl (C=O) groups excluding carboxylic acids is 3. The van der Waals surface area contributed by atoms with E-state index in [2.05, 4.69) is 10.3 Å². The molecule has 3 aromatic rings. The zero-order valence-corrected chi connectivity index (χ0v) is 25.8. The van der Waals surface area contributed by atoms with E-state index in [1.54, 1.807) is 22.2 Å². The van der Waals surface area contributed by atoms with Crippen LogP contribution in [0.15, 0.2) is 42.7 Å². The summed E-state index contributed by atoms with van der Waals surface area (Å²) in [6.07, 6.45) is 6.71. The minimum Gasteiger partial charge on any atom is -0.493 e. The highest BCUT2D eigenvalue weighted by atomic mass is 32.1. The summed E-state index contributed by atoms with van der Waals surface area (Å²) >= 11 is 1.14. The third-order valence-electron chi connectivity index (χ3n) is 8.75. The maximum Gasteiger partial charge on any atom is 0.363 e. The number of fused-ring (bicyclic) bond motifs is 2. The lowest BCUT2D eigenvalue weighted by molar-refractivity contribution is -0.148. The molecule has 0 aliphatic carbocycles. The molecule has 5 heterocycles. The van der Waals surface area contributed by atoms with Gasteiger partial charge in [0.25, 0.3) is 5.91 Å². The number of pyridine rings is 1. The van der Waals surface area contributed by atoms with Crippen molar-refractivity contribution >= 4 is 46.7 Å². The first-order valence-corrected chi connectivity index (χ1v) is 17.3. The molecule has 44 heavy (non-hydrogen) atoms. The first-order valence-electron chi connectivity index (χ1n) is 14.8. The highest BCUT2D eigenvalue weighted by Crippen LogP contribution is 2.53. The summed E-state index contributed by atoms with van der Waals surface area (Å²) in [5.74, 6) is -2.37. The van der Waals surface area contributed by atoms with Crippen LogP contribution in [0.25, 0.3) is 10.1 Å². The van der Waals surface area contributed by atoms with Gasteiger partial charge in [0, 0.05) is 47.7 Å². The molecule has 0 radical (unpaired) electrons. The van der Waals surface area contributed by atoms with E-state index < -0.39 is 31.5 Å². The lowest BCUT2D eigenvalue weighted by Gasteiger charge is -2.42. The fourth-order valence-electron chi connectivity index (χ4n) is 6.54. The number of aromatic nitrogens is 1. The zero-order valence-electron chi connectivity index (χ0n) is 24.1. The Morgan fingerprint density at radius 3 is 2.73 bits per heavy atom. The van der Waals surface area contributed by atoms with Crippen LogP contribution >= 0.6 is 18.9 Å². The summed E-state index contributed by atoms with van der Waals surface area (Å²) in [6.45, 7) is 3.51. The van der Waals surface area contributed by atoms with Crippen LogP contribution in [-0.2, 0) is 14.2 Å². The molecule has 6 rings (SSSR count). The fraction of sp³-hybridized carbons (Fsp3) is 0.467. The molecular formula is C30H34FN4O7PS. The first kappa shape index (κ1) is 30.6. The lowest BCUT2D eigenvalue weighted by atomic mass is 9.91. The summed E-state index contributed by atoms with van der Waals surface area (Å²) in [6, 6.07) is 6.07. The molecule has 0 saturated carbocycles. The Morgan fingerprint density at radius 2 is 1.98 bits per heavy atom. The molecular weight excluding hydrogens is 610 g/mol. The minimum absolute atomic E-state index is 0.0521. The second-order valence-corrected chi connectivity index (χ2v) is 14.3. The van der Waals surface area contributed by atoms with Crippen molar-refractivity contribution in [3.8, 4) is 5.75 Å². The predicted molar refractivity (Wildman–Crippen MR) is 161 cm³/mol. The second kappa shape index (κ2) is 12.2. The number of nitrogens with zero attached hydrogens (tertiary/aromatic N) is 3. The average molecular weight is 645 g/mol. The molecule has 3 aliphatic heterocycles. The van der Waals surface area contributed by atoms with Gasteiger partial charge >= 0.3 is 7.60 Å². The number of nitrogens with one attached hydrogen (secondary N) is 1. The van der Waals surface area contributed by atoms with Gasteiger partial charge in [-0.25, -0.2) is 4.39 Å². The minimum atomic E-state index is -4.97. The fourth-order valence-corrected chi connectivity index (χ4v) is 8.03. The van der Waals surface area contributed by atoms with E-state index in [0.717, 1.165) is 41.9 Å². The van der Waals surface area contributed by atoms with Gasteiger partial charge in [-0.3, -0.25) is 23.9 Å². The Hall–Kier alpha value is -3.38. The van der Waals surface area contributed by atoms with E-state index in [1.807, 2.05) is 13.0 Å². The van der Waals surface area contributed by atoms with Crippen molar-refractivity contribution in [2.75, 3.05) is 19.7 Å². The number of ether oxygens (including phenoxy) is 1. The van der Waals surface area contributed by atoms with Gasteiger partial charge < -0.3 is 29.6 Å². The Bertz CT molecular complexity index is 1640. The molecule has 234 valence electrons. The van der Waals surface area contributed by atoms with Crippen molar-refractivity contribution in [2.45, 2.75) is 69.0 Å². The monoisotopic (exact) mass is 644 g/mol. The SMILES string of the molecule is CCOc1ccncc1C1CN(C(=O)[C@@H]2CC[C@@H]3CCC[C@H](NC(=O)c4cc5cc([C@@H](F)P(=O)(O)O)ccc5s4)C(=O)N32)C1. The van der Waals surface area contributed by atoms with Gasteiger partial charge in [0.2, 0.25) is 17.7 Å². The molecule has 3 saturated heterocycles. The molecule has 14 heteroatoms. The van der Waals surface area contributed by atoms with E-state index in [9.17, 15) is 33.1 Å². The molecule has 3 aliphatic rings. The van der Waals surface area contributed by atoms with Gasteiger partial charge in [-0.05, 0) is 74.2 Å². The summed E-state index contributed by atoms with van der Waals surface area (Å²) in [5.41, 5.74) is 0.800. The van der Waals surface area contributed by atoms with Gasteiger partial charge in [-0.15, -0.1) is 11.3 Å². The number of benzene rings is 1. The molecule has 3 amide bonds. The van der Waals surface area contributed by atoms with Crippen LogP contribution in [0, 0.1) is 0 Å². The lowest BCUT2D eigenvalue weighted by Crippen LogP contribution is -2.58. The molecule has 1 aromatic carbocycles. The van der Waals surface area contributed by atoms with Crippen LogP contribution in [0.4, 0.5) is 4.39 Å². The number of hydrogen-bond acceptors (Lipinski definition) is 7. The van der Waals surface area contributed by atoms with Gasteiger partial charge in [-0.1, -0.05) is 6.07 Å². The molecule has 0 bridgehead atoms. The zero-order chi connectivity index (χ0) is 31.2. The van der Waals surface area contributed by atoms with Gasteiger partial charge in [0.05, 0.1) is 11.5 Å². The van der Waals surface area contributed by atoms with Crippen LogP contribution < -0.4 is 10.1 Å². The summed E-state index contributed by atoms with van der Waals surface area (Å²) in [5, 5.41) is 3.33. The van der Waals surface area contributed by atoms with Gasteiger partial charge in [-0.2, -0.15) is 0 Å². The van der Waals surface area contributed by atoms with Crippen molar-refractivity contribution in [1.82, 2.24) is 20.1 Å². The summed E-state index contributed by atoms with van der Waals surface area (Å²) < 4.78 is 32.0. The number of amides is 3. The summed E-state index contributed by atoms with van der Waals surface area (Å²) in [4.78, 5) is 67.1. The van der Waals surface area contributed by atoms with Crippen LogP contribution in [0.3, 0.4) is 0 Å². The molecule has 3 N–H and O–H groups in total. The third kappa shape index (κ3) is 5.85. The number of halogens is 1. The van der Waals surface area contributed by atoms with Gasteiger partial charge in [0.15, 0.2) is 0 Å². The van der Waals surface area contributed by atoms with E-state index in [1.165, 1.54) is 24.3 Å². The molecule has 0 unspecified atom stereocenters. The molecule has 2 aromatic heterocycles. The van der Waals surface area contributed by atoms with Crippen molar-refractivity contribution in [1.29, 1.82) is 0 Å². The average Bonchev–Trinajstić information content (AvgIpc) is 3.56. The van der Waals surface area contributed by atoms with Crippen LogP contribution in [0.5, 0.6) is 5.75 Å². The van der Waals surface area contributed by atoms with Crippen molar-refractivity contribution in [3.05, 3.63) is 58.7 Å². The maximum atomic E-state index is 14.2. The predicted octanol–water partition coefficient (Wildman–Crippen LogP) is 4.11. The number of hydrogen-bond donors (Lipinski definition) is 3. The number of likely N-dealkylation sites (tertiary alicyclic amines) is 1. The summed E-state index contributed by atoms with van der Waals surface area (Å²) in [7, 11) is -4.97. The Morgan fingerprint density at radius 1 is 1.18 bits per heavy atom. The molecule has 3 fully saturated rings. The molecule has 0 spiro atoms. The Kier molecular flexibility index (Phi) is 8.49. The van der Waals surface area contributed by atoms with Crippen molar-refractivity contribution < 1.29 is 37.9 Å². The van der Waals surface area contributed by atoms with Gasteiger partial charge in [0.1, 0.15) is 17.8 Å². The first-order chi connectivity index (χ1) is 21.0. The standard InChI is InChI=1S/C30H34FN4O7PS/c1-2-42-24-10-11-32-14-21(24)19-15-34(16-19)30(38)23-8-7-20-4-3-5-22(29(37)35(20)23)33-28(36)26-13-18-12-17(6-9-25(18)44-26)27(31)43(39,40)41/h6,9-14,19-20,22-23,27H,2-5,7-8,15-16H2,1H3,(H,33,36)(H2,39,40,41)/t20-,22-,23-,27-/m0/s1. The van der Waals surface area contributed by atoms with E-state index >= 15 is 0 Å². The number of carbonyl (C=O) groups is 3. The van der Waals surface area contributed by atoms with Crippen LogP contribution in [0.1, 0.15) is 71.7 Å². The maximum absolute atomic E-state index is 14.2. The number of alkyl halides is 1. The van der Waals surface area contributed by atoms with Crippen LogP contribution in [0.2, 0.25) is 0 Å². The normalized spacial score (nSPS) is 23.2. The number of rotatable bonds is 8. The van der Waals surface area contributed by atoms with Crippen molar-refractivity contribution in [2.24, 2.45) is 0 Å². The topological polar surface area (TPSA) is 149 Å². The van der Waals surface area contributed by atoms with E-state index in [0.29, 0.717) is 47.5 Å². The third-order valence-corrected chi connectivity index (χ3v) is 10.8. The highest BCUT2D eigenvalue weighted by Gasteiger charge is 2.47. The van der Waals surface area contributed by atoms with Crippen molar-refractivity contribution in [3.63, 3.8) is 0 Å². The Balaban J connectivity index is 1.13. The smallest absolute Gasteiger partial charge is 0.363 e. The molecule has 4 atom stereocenters. The quantitative estimate of drug-likeness (QED) is 0.310. The van der Waals surface area contributed by atoms with E-state index in [4.69, 9.17) is 4.74 Å². The second-order valence-electron chi connectivity index (χ2n) is 11.6. The van der Waals surface area contributed by atoms with E-state index in [-0.39, 0.29) is 29.3 Å². The number of thiophene rings is 1. The highest BCUT2D eigenvalue weighted by molar-refractivity contribution is 7.51. The Labute approximate surface area is 257 Å². The molecule has 11 nitrogen and oxygen atoms in total.